The van der Waals surface area contributed by atoms with E-state index in [0.29, 0.717) is 116 Å². The van der Waals surface area contributed by atoms with Gasteiger partial charge in [-0.25, -0.2) is 38.3 Å². The van der Waals surface area contributed by atoms with Crippen molar-refractivity contribution >= 4 is 128 Å². The summed E-state index contributed by atoms with van der Waals surface area (Å²) in [7, 11) is -18.7. The zero-order valence-electron chi connectivity index (χ0n) is 41.7. The van der Waals surface area contributed by atoms with Gasteiger partial charge in [-0.05, 0) is 142 Å². The van der Waals surface area contributed by atoms with Crippen LogP contribution in [0.2, 0.25) is 0 Å². The smallest absolute Gasteiger partial charge is 0.294 e. The average Bonchev–Trinajstić information content (AvgIpc) is 3.55. The van der Waals surface area contributed by atoms with Gasteiger partial charge in [0.2, 0.25) is 0 Å². The number of aromatic nitrogens is 6. The fourth-order valence-electron chi connectivity index (χ4n) is 10.2. The minimum Gasteiger partial charge on any atom is -0.744 e. The van der Waals surface area contributed by atoms with Crippen LogP contribution in [0.1, 0.15) is 5.56 Å². The number of benzene rings is 6. The van der Waals surface area contributed by atoms with Crippen LogP contribution in [0.3, 0.4) is 0 Å². The Morgan fingerprint density at radius 2 is 0.585 bits per heavy atom. The Kier molecular flexibility index (Phi) is 11.9. The number of fused-ring (bicyclic) bond motifs is 12. The quantitative estimate of drug-likeness (QED) is 0.0723. The molecule has 12 bridgehead atoms. The van der Waals surface area contributed by atoms with Crippen LogP contribution in [0, 0.1) is 12.3 Å². The van der Waals surface area contributed by atoms with Gasteiger partial charge in [-0.2, -0.15) is 25.3 Å². The van der Waals surface area contributed by atoms with Crippen molar-refractivity contribution in [2.45, 2.75) is 19.6 Å². The lowest BCUT2D eigenvalue weighted by atomic mass is 9.94. The molecule has 400 valence electrons. The van der Waals surface area contributed by atoms with Crippen molar-refractivity contribution in [2.24, 2.45) is 0 Å². The highest BCUT2D eigenvalue weighted by Crippen LogP contribution is 2.42. The van der Waals surface area contributed by atoms with E-state index >= 15 is 0 Å². The molecule has 82 heavy (non-hydrogen) atoms. The molecule has 0 aliphatic heterocycles. The molecule has 0 saturated carbocycles. The van der Waals surface area contributed by atoms with E-state index in [-0.39, 0.29) is 36.8 Å². The normalized spacial score (nSPS) is 12.5. The zero-order valence-corrected chi connectivity index (χ0v) is 44.9. The summed E-state index contributed by atoms with van der Waals surface area (Å²) in [4.78, 5) is 30.0. The van der Waals surface area contributed by atoms with Crippen molar-refractivity contribution in [3.63, 3.8) is 0 Å². The van der Waals surface area contributed by atoms with E-state index in [1.807, 2.05) is 0 Å². The van der Waals surface area contributed by atoms with Gasteiger partial charge < -0.3 is 4.55 Å². The summed E-state index contributed by atoms with van der Waals surface area (Å²) in [6.07, 6.45) is 6.15. The Balaban J connectivity index is 1.27. The standard InChI is InChI=1S/C60H34N6O12S4/c1-2-32-26-51-49-4-3-5-50(61-49)53-28-45(33-6-14-37(15-7-33)79(67,68)69)41-22-23-43-47(35-10-18-39(19-11-35)81(73,74)75)30-55(65-58(43)57(41)63-53)56-31-48(36-12-20-40(21-13-36)82(76,77)78)44-25-24-42-46(34-8-16-38(17-9-34)80(70,71)72)29-54(52(27-32)62-51)64-59(42)60(44)66-56/h1,3-31H,(H,67,68,69)(H,70,71,72)(H,73,74,75)(H,76,77,78)/p-1. The monoisotopic (exact) mass is 1160 g/mol. The van der Waals surface area contributed by atoms with Gasteiger partial charge in [0.15, 0.2) is 0 Å². The molecule has 0 fully saturated rings. The van der Waals surface area contributed by atoms with Crippen LogP contribution in [-0.4, -0.2) is 81.8 Å². The third kappa shape index (κ3) is 9.18. The fourth-order valence-corrected chi connectivity index (χ4v) is 12.2. The molecule has 18 nitrogen and oxygen atoms in total. The van der Waals surface area contributed by atoms with Gasteiger partial charge in [-0.3, -0.25) is 13.7 Å². The summed E-state index contributed by atoms with van der Waals surface area (Å²) in [5.41, 5.74) is 8.03. The lowest BCUT2D eigenvalue weighted by Crippen LogP contribution is -1.99. The first-order valence-electron chi connectivity index (χ1n) is 24.4. The van der Waals surface area contributed by atoms with Gasteiger partial charge in [0.25, 0.3) is 30.4 Å². The second-order valence-corrected chi connectivity index (χ2v) is 24.7. The number of hydrogen-bond acceptors (Lipinski definition) is 15. The predicted octanol–water partition coefficient (Wildman–Crippen LogP) is 11.1. The van der Waals surface area contributed by atoms with Crippen LogP contribution in [0.25, 0.3) is 132 Å². The van der Waals surface area contributed by atoms with Crippen molar-refractivity contribution in [3.8, 4) is 56.9 Å². The van der Waals surface area contributed by atoms with E-state index in [9.17, 15) is 51.9 Å². The van der Waals surface area contributed by atoms with Gasteiger partial charge in [0.1, 0.15) is 10.1 Å². The van der Waals surface area contributed by atoms with E-state index in [4.69, 9.17) is 36.3 Å². The highest BCUT2D eigenvalue weighted by atomic mass is 32.2. The number of terminal acetylenes is 1. The van der Waals surface area contributed by atoms with E-state index in [1.165, 1.54) is 97.1 Å². The fraction of sp³-hybridized carbons (Fsp3) is 0. The molecule has 0 amide bonds. The molecular weight excluding hydrogens is 1120 g/mol. The molecule has 6 aromatic carbocycles. The summed E-state index contributed by atoms with van der Waals surface area (Å²) < 4.78 is 140. The lowest BCUT2D eigenvalue weighted by molar-refractivity contribution is 0.462. The first-order valence-corrected chi connectivity index (χ1v) is 30.1. The number of pyridine rings is 6. The van der Waals surface area contributed by atoms with Gasteiger partial charge >= 0.3 is 0 Å². The van der Waals surface area contributed by atoms with Crippen LogP contribution in [0.4, 0.5) is 0 Å². The summed E-state index contributed by atoms with van der Waals surface area (Å²) in [5, 5.41) is 2.07. The van der Waals surface area contributed by atoms with E-state index in [1.54, 1.807) is 78.9 Å². The first kappa shape index (κ1) is 51.9. The third-order valence-electron chi connectivity index (χ3n) is 14.2. The number of hydrogen-bond donors (Lipinski definition) is 3. The molecule has 0 unspecified atom stereocenters. The lowest BCUT2D eigenvalue weighted by Gasteiger charge is -2.15. The van der Waals surface area contributed by atoms with Crippen LogP contribution < -0.4 is 0 Å². The Labute approximate surface area is 465 Å². The van der Waals surface area contributed by atoms with Gasteiger partial charge in [-0.1, -0.05) is 84.8 Å². The van der Waals surface area contributed by atoms with Gasteiger partial charge in [0, 0.05) is 27.1 Å². The average molecular weight is 1160 g/mol. The SMILES string of the molecule is C#Cc1cc2nc(c1)c1cc(-c3ccc(S(=O)(=O)O)cc3)c3ccc4c(-c5ccc(S(=O)(=O)O)cc5)cc(nc4c3n1)c1cc(-c3ccc(S(=O)(=O)O)cc3)c3ccc4c(-c5ccc(S(=O)(=O)[O-])cc5)cc(nc4c3n1)c1cccc2n1. The van der Waals surface area contributed by atoms with Crippen molar-refractivity contribution in [2.75, 3.05) is 0 Å². The first-order chi connectivity index (χ1) is 39.0. The molecule has 0 spiro atoms. The van der Waals surface area contributed by atoms with Crippen LogP contribution in [0.5, 0.6) is 0 Å². The zero-order chi connectivity index (χ0) is 57.2. The molecule has 7 heterocycles. The molecular formula is C60H33N6O12S4-. The number of nitrogens with zero attached hydrogens (tertiary/aromatic N) is 6. The van der Waals surface area contributed by atoms with Crippen molar-refractivity contribution < 1.29 is 51.9 Å². The van der Waals surface area contributed by atoms with Gasteiger partial charge in [-0.15, -0.1) is 6.42 Å². The van der Waals surface area contributed by atoms with Crippen molar-refractivity contribution in [1.82, 2.24) is 29.9 Å². The molecule has 3 N–H and O–H groups in total. The molecule has 22 heteroatoms. The van der Waals surface area contributed by atoms with Crippen LogP contribution in [0.15, 0.2) is 196 Å². The molecule has 7 aromatic heterocycles. The highest BCUT2D eigenvalue weighted by Gasteiger charge is 2.21. The van der Waals surface area contributed by atoms with Crippen LogP contribution in [-0.2, 0) is 40.5 Å². The molecule has 0 saturated heterocycles. The second-order valence-electron chi connectivity index (χ2n) is 19.1. The Hall–Kier alpha value is -9.54. The highest BCUT2D eigenvalue weighted by molar-refractivity contribution is 7.86. The molecule has 0 aliphatic carbocycles. The Morgan fingerprint density at radius 3 is 0.866 bits per heavy atom. The molecule has 0 radical (unpaired) electrons. The molecule has 13 rings (SSSR count). The topological polar surface area (TPSA) is 298 Å². The minimum absolute atomic E-state index is 0.228. The Morgan fingerprint density at radius 1 is 0.329 bits per heavy atom. The minimum atomic E-state index is -4.83. The predicted molar refractivity (Wildman–Crippen MR) is 309 cm³/mol. The third-order valence-corrected chi connectivity index (χ3v) is 17.6. The maximum atomic E-state index is 12.4. The second kappa shape index (κ2) is 18.8. The summed E-state index contributed by atoms with van der Waals surface area (Å²) in [6, 6.07) is 44.9. The van der Waals surface area contributed by atoms with Gasteiger partial charge in [0.05, 0.1) is 85.8 Å². The van der Waals surface area contributed by atoms with E-state index in [2.05, 4.69) is 5.92 Å². The maximum absolute atomic E-state index is 12.4. The van der Waals surface area contributed by atoms with Crippen molar-refractivity contribution in [1.29, 1.82) is 0 Å². The number of rotatable bonds is 8. The summed E-state index contributed by atoms with van der Waals surface area (Å²) >= 11 is 0. The van der Waals surface area contributed by atoms with E-state index < -0.39 is 45.4 Å². The maximum Gasteiger partial charge on any atom is 0.294 e. The molecule has 13 aromatic rings. The molecule has 0 atom stereocenters. The van der Waals surface area contributed by atoms with Crippen LogP contribution >= 0.6 is 0 Å². The summed E-state index contributed by atoms with van der Waals surface area (Å²) in [6.45, 7) is 0. The van der Waals surface area contributed by atoms with E-state index in [0.717, 1.165) is 0 Å². The largest absolute Gasteiger partial charge is 0.744 e. The summed E-state index contributed by atoms with van der Waals surface area (Å²) in [5.74, 6) is 2.72. The Bertz CT molecular complexity index is 5560. The molecule has 0 aliphatic rings. The van der Waals surface area contributed by atoms with Crippen molar-refractivity contribution in [3.05, 3.63) is 181 Å².